The molecule has 76 valence electrons. The highest BCUT2D eigenvalue weighted by Crippen LogP contribution is 2.15. The minimum atomic E-state index is -0.473. The average molecular weight is 213 g/mol. The summed E-state index contributed by atoms with van der Waals surface area (Å²) in [6, 6.07) is 6.71. The Balaban J connectivity index is 2.80. The fourth-order valence-electron chi connectivity index (χ4n) is 0.952. The zero-order valence-electron chi connectivity index (χ0n) is 8.50. The molecule has 1 aromatic rings. The van der Waals surface area contributed by atoms with Crippen LogP contribution in [0.3, 0.4) is 0 Å². The lowest BCUT2D eigenvalue weighted by molar-refractivity contribution is 0.00695. The minimum absolute atomic E-state index is 0.347. The van der Waals surface area contributed by atoms with Crippen LogP contribution in [0.15, 0.2) is 24.3 Å². The van der Waals surface area contributed by atoms with Gasteiger partial charge in [0, 0.05) is 5.02 Å². The van der Waals surface area contributed by atoms with Gasteiger partial charge >= 0.3 is 5.97 Å². The number of esters is 1. The van der Waals surface area contributed by atoms with Gasteiger partial charge in [0.1, 0.15) is 5.60 Å². The molecular weight excluding hydrogens is 200 g/mol. The number of carbonyl (C=O) groups excluding carboxylic acids is 1. The number of rotatable bonds is 1. The summed E-state index contributed by atoms with van der Waals surface area (Å²) in [5.74, 6) is -0.347. The topological polar surface area (TPSA) is 26.3 Å². The summed E-state index contributed by atoms with van der Waals surface area (Å²) in [6.07, 6.45) is 0. The van der Waals surface area contributed by atoms with Crippen molar-refractivity contribution in [2.24, 2.45) is 0 Å². The Morgan fingerprint density at radius 3 is 2.50 bits per heavy atom. The van der Waals surface area contributed by atoms with E-state index in [2.05, 4.69) is 0 Å². The molecule has 0 aliphatic heterocycles. The monoisotopic (exact) mass is 212 g/mol. The molecule has 2 nitrogen and oxygen atoms in total. The quantitative estimate of drug-likeness (QED) is 0.668. The number of ether oxygens (including phenoxy) is 1. The molecule has 0 fully saturated rings. The number of halogens is 1. The first kappa shape index (κ1) is 11.1. The van der Waals surface area contributed by atoms with Gasteiger partial charge in [0.15, 0.2) is 0 Å². The fraction of sp³-hybridized carbons (Fsp3) is 0.364. The Labute approximate surface area is 88.8 Å². The van der Waals surface area contributed by atoms with Crippen LogP contribution < -0.4 is 0 Å². The van der Waals surface area contributed by atoms with Gasteiger partial charge in [-0.15, -0.1) is 0 Å². The van der Waals surface area contributed by atoms with Crippen molar-refractivity contribution >= 4 is 17.6 Å². The summed E-state index contributed by atoms with van der Waals surface area (Å²) >= 11 is 5.75. The number of hydrogen-bond donors (Lipinski definition) is 0. The van der Waals surface area contributed by atoms with Crippen molar-refractivity contribution in [1.29, 1.82) is 0 Å². The predicted octanol–water partition coefficient (Wildman–Crippen LogP) is 3.30. The molecule has 0 amide bonds. The molecule has 0 aromatic heterocycles. The SMILES string of the molecule is CC(C)(C)OC(=O)c1cccc(Cl)c1. The van der Waals surface area contributed by atoms with Crippen LogP contribution in [0.2, 0.25) is 5.02 Å². The largest absolute Gasteiger partial charge is 0.456 e. The molecule has 0 N–H and O–H groups in total. The van der Waals surface area contributed by atoms with E-state index in [0.717, 1.165) is 0 Å². The van der Waals surface area contributed by atoms with Gasteiger partial charge in [0.2, 0.25) is 0 Å². The minimum Gasteiger partial charge on any atom is -0.456 e. The first-order valence-corrected chi connectivity index (χ1v) is 4.75. The summed E-state index contributed by atoms with van der Waals surface area (Å²) < 4.78 is 5.18. The molecule has 3 heteroatoms. The highest BCUT2D eigenvalue weighted by molar-refractivity contribution is 6.30. The standard InChI is InChI=1S/C11H13ClO2/c1-11(2,3)14-10(13)8-5-4-6-9(12)7-8/h4-7H,1-3H3. The van der Waals surface area contributed by atoms with E-state index in [1.165, 1.54) is 0 Å². The van der Waals surface area contributed by atoms with E-state index in [1.807, 2.05) is 20.8 Å². The second-order valence-corrected chi connectivity index (χ2v) is 4.45. The number of carbonyl (C=O) groups is 1. The smallest absolute Gasteiger partial charge is 0.338 e. The zero-order chi connectivity index (χ0) is 10.8. The van der Waals surface area contributed by atoms with Gasteiger partial charge < -0.3 is 4.74 Å². The van der Waals surface area contributed by atoms with Crippen molar-refractivity contribution in [2.45, 2.75) is 26.4 Å². The summed E-state index contributed by atoms with van der Waals surface area (Å²) in [4.78, 5) is 11.5. The lowest BCUT2D eigenvalue weighted by Gasteiger charge is -2.19. The van der Waals surface area contributed by atoms with Gasteiger partial charge in [-0.3, -0.25) is 0 Å². The van der Waals surface area contributed by atoms with Crippen molar-refractivity contribution < 1.29 is 9.53 Å². The maximum absolute atomic E-state index is 11.5. The normalized spacial score (nSPS) is 11.1. The maximum Gasteiger partial charge on any atom is 0.338 e. The van der Waals surface area contributed by atoms with E-state index in [0.29, 0.717) is 10.6 Å². The van der Waals surface area contributed by atoms with Crippen LogP contribution in [0.1, 0.15) is 31.1 Å². The summed E-state index contributed by atoms with van der Waals surface area (Å²) in [5, 5.41) is 0.536. The lowest BCUT2D eigenvalue weighted by Crippen LogP contribution is -2.23. The van der Waals surface area contributed by atoms with Gasteiger partial charge in [-0.05, 0) is 39.0 Å². The summed E-state index contributed by atoms with van der Waals surface area (Å²) in [7, 11) is 0. The molecule has 0 heterocycles. The third kappa shape index (κ3) is 3.38. The molecule has 0 radical (unpaired) electrons. The van der Waals surface area contributed by atoms with Crippen LogP contribution in [0.5, 0.6) is 0 Å². The molecule has 0 saturated carbocycles. The van der Waals surface area contributed by atoms with Crippen LogP contribution in [0.4, 0.5) is 0 Å². The molecule has 14 heavy (non-hydrogen) atoms. The average Bonchev–Trinajstić information content (AvgIpc) is 2.01. The number of hydrogen-bond acceptors (Lipinski definition) is 2. The molecule has 0 bridgehead atoms. The van der Waals surface area contributed by atoms with Crippen molar-refractivity contribution in [3.05, 3.63) is 34.9 Å². The Morgan fingerprint density at radius 2 is 2.00 bits per heavy atom. The second kappa shape index (κ2) is 4.01. The van der Waals surface area contributed by atoms with Crippen molar-refractivity contribution in [3.63, 3.8) is 0 Å². The molecule has 0 aliphatic rings. The first-order chi connectivity index (χ1) is 6.38. The molecule has 0 aliphatic carbocycles. The van der Waals surface area contributed by atoms with E-state index < -0.39 is 5.60 Å². The van der Waals surface area contributed by atoms with E-state index >= 15 is 0 Å². The molecular formula is C11H13ClO2. The van der Waals surface area contributed by atoms with Crippen molar-refractivity contribution in [3.8, 4) is 0 Å². The van der Waals surface area contributed by atoms with E-state index in [1.54, 1.807) is 24.3 Å². The van der Waals surface area contributed by atoms with Gasteiger partial charge in [-0.1, -0.05) is 17.7 Å². The molecule has 1 rings (SSSR count). The van der Waals surface area contributed by atoms with Gasteiger partial charge in [0.25, 0.3) is 0 Å². The lowest BCUT2D eigenvalue weighted by atomic mass is 10.2. The predicted molar refractivity (Wildman–Crippen MR) is 56.6 cm³/mol. The molecule has 0 saturated heterocycles. The van der Waals surface area contributed by atoms with Crippen LogP contribution in [-0.4, -0.2) is 11.6 Å². The summed E-state index contributed by atoms with van der Waals surface area (Å²) in [6.45, 7) is 5.49. The van der Waals surface area contributed by atoms with Crippen molar-refractivity contribution in [2.75, 3.05) is 0 Å². The molecule has 0 spiro atoms. The highest BCUT2D eigenvalue weighted by Gasteiger charge is 2.17. The second-order valence-electron chi connectivity index (χ2n) is 4.01. The third-order valence-electron chi connectivity index (χ3n) is 1.46. The Kier molecular flexibility index (Phi) is 3.17. The van der Waals surface area contributed by atoms with Gasteiger partial charge in [0.05, 0.1) is 5.56 Å². The molecule has 0 unspecified atom stereocenters. The Hall–Kier alpha value is -1.02. The van der Waals surface area contributed by atoms with Crippen LogP contribution in [0.25, 0.3) is 0 Å². The molecule has 0 atom stereocenters. The maximum atomic E-state index is 11.5. The number of benzene rings is 1. The van der Waals surface area contributed by atoms with Crippen LogP contribution in [0, 0.1) is 0 Å². The molecule has 1 aromatic carbocycles. The van der Waals surface area contributed by atoms with E-state index in [-0.39, 0.29) is 5.97 Å². The van der Waals surface area contributed by atoms with Crippen molar-refractivity contribution in [1.82, 2.24) is 0 Å². The van der Waals surface area contributed by atoms with Gasteiger partial charge in [-0.2, -0.15) is 0 Å². The van der Waals surface area contributed by atoms with Crippen LogP contribution in [-0.2, 0) is 4.74 Å². The first-order valence-electron chi connectivity index (χ1n) is 4.37. The van der Waals surface area contributed by atoms with E-state index in [4.69, 9.17) is 16.3 Å². The summed E-state index contributed by atoms with van der Waals surface area (Å²) in [5.41, 5.74) is 0.00628. The van der Waals surface area contributed by atoms with Gasteiger partial charge in [-0.25, -0.2) is 4.79 Å². The fourth-order valence-corrected chi connectivity index (χ4v) is 1.14. The van der Waals surface area contributed by atoms with Crippen LogP contribution >= 0.6 is 11.6 Å². The highest BCUT2D eigenvalue weighted by atomic mass is 35.5. The Morgan fingerprint density at radius 1 is 1.36 bits per heavy atom. The van der Waals surface area contributed by atoms with E-state index in [9.17, 15) is 4.79 Å². The zero-order valence-corrected chi connectivity index (χ0v) is 9.26. The Bertz CT molecular complexity index is 339. The third-order valence-corrected chi connectivity index (χ3v) is 1.69.